The molecule has 1 aliphatic heterocycles. The van der Waals surface area contributed by atoms with E-state index in [0.29, 0.717) is 0 Å². The number of hydrogen-bond acceptors (Lipinski definition) is 1. The molecule has 1 aromatic heterocycles. The average Bonchev–Trinajstić information content (AvgIpc) is 3.35. The molecule has 2 aliphatic rings. The molecule has 1 aliphatic carbocycles. The number of H-pyrrole nitrogens is 1. The first-order valence-electron chi connectivity index (χ1n) is 11.5. The van der Waals surface area contributed by atoms with Crippen molar-refractivity contribution in [2.24, 2.45) is 4.99 Å². The normalized spacial score (nSPS) is 15.3. The van der Waals surface area contributed by atoms with E-state index in [4.69, 9.17) is 4.99 Å². The van der Waals surface area contributed by atoms with Gasteiger partial charge in [-0.25, -0.2) is 4.99 Å². The van der Waals surface area contributed by atoms with E-state index in [1.165, 1.54) is 55.8 Å². The van der Waals surface area contributed by atoms with Gasteiger partial charge in [-0.1, -0.05) is 64.0 Å². The molecule has 2 nitrogen and oxygen atoms in total. The van der Waals surface area contributed by atoms with Crippen molar-refractivity contribution in [2.45, 2.75) is 33.6 Å². The van der Waals surface area contributed by atoms with E-state index in [1.807, 2.05) is 0 Å². The Kier molecular flexibility index (Phi) is 4.77. The van der Waals surface area contributed by atoms with Gasteiger partial charge in [0.1, 0.15) is 0 Å². The topological polar surface area (TPSA) is 28.1 Å². The van der Waals surface area contributed by atoms with Crippen LogP contribution in [0.15, 0.2) is 70.1 Å². The van der Waals surface area contributed by atoms with Gasteiger partial charge < -0.3 is 4.98 Å². The minimum absolute atomic E-state index is 1.01. The van der Waals surface area contributed by atoms with E-state index >= 15 is 0 Å². The Hall–Kier alpha value is -3.17. The molecular weight excluding hydrogens is 468 g/mol. The predicted octanol–water partition coefficient (Wildman–Crippen LogP) is 7.82. The van der Waals surface area contributed by atoms with Crippen molar-refractivity contribution in [3.63, 3.8) is 0 Å². The summed E-state index contributed by atoms with van der Waals surface area (Å²) >= 11 is 3.67. The third-order valence-electron chi connectivity index (χ3n) is 6.82. The number of fused-ring (bicyclic) bond motifs is 4. The van der Waals surface area contributed by atoms with E-state index in [-0.39, 0.29) is 0 Å². The van der Waals surface area contributed by atoms with Crippen LogP contribution in [-0.4, -0.2) is 10.7 Å². The Labute approximate surface area is 203 Å². The van der Waals surface area contributed by atoms with Gasteiger partial charge in [-0.3, -0.25) is 0 Å². The van der Waals surface area contributed by atoms with Gasteiger partial charge in [-0.15, -0.1) is 0 Å². The molecule has 0 saturated carbocycles. The first-order valence-corrected chi connectivity index (χ1v) is 12.3. The summed E-state index contributed by atoms with van der Waals surface area (Å²) in [5.74, 6) is 0. The molecule has 6 rings (SSSR count). The van der Waals surface area contributed by atoms with Crippen molar-refractivity contribution < 1.29 is 0 Å². The van der Waals surface area contributed by atoms with Crippen molar-refractivity contribution in [3.05, 3.63) is 115 Å². The summed E-state index contributed by atoms with van der Waals surface area (Å²) < 4.78 is 1.07. The lowest BCUT2D eigenvalue weighted by Crippen LogP contribution is -2.06. The molecule has 0 unspecified atom stereocenters. The van der Waals surface area contributed by atoms with Crippen LogP contribution in [-0.2, 0) is 12.8 Å². The van der Waals surface area contributed by atoms with Crippen LogP contribution >= 0.6 is 15.9 Å². The molecule has 0 fully saturated rings. The zero-order valence-corrected chi connectivity index (χ0v) is 20.7. The van der Waals surface area contributed by atoms with E-state index in [1.54, 1.807) is 0 Å². The number of nitrogens with one attached hydrogen (secondary N) is 1. The van der Waals surface area contributed by atoms with Crippen molar-refractivity contribution in [1.29, 1.82) is 0 Å². The third-order valence-corrected chi connectivity index (χ3v) is 7.31. The van der Waals surface area contributed by atoms with Gasteiger partial charge in [0.15, 0.2) is 0 Å². The van der Waals surface area contributed by atoms with Crippen LogP contribution in [0.4, 0.5) is 0 Å². The maximum atomic E-state index is 5.20. The van der Waals surface area contributed by atoms with Crippen molar-refractivity contribution in [3.8, 4) is 11.3 Å². The Morgan fingerprint density at radius 1 is 0.818 bits per heavy atom. The highest BCUT2D eigenvalue weighted by Crippen LogP contribution is 2.38. The van der Waals surface area contributed by atoms with Crippen LogP contribution in [0.3, 0.4) is 0 Å². The minimum atomic E-state index is 1.01. The van der Waals surface area contributed by atoms with E-state index in [2.05, 4.69) is 108 Å². The summed E-state index contributed by atoms with van der Waals surface area (Å²) in [6.45, 7) is 6.53. The number of rotatable bonds is 2. The van der Waals surface area contributed by atoms with Gasteiger partial charge in [-0.05, 0) is 80.1 Å². The number of aryl methyl sites for hydroxylation is 5. The Balaban J connectivity index is 1.50. The summed E-state index contributed by atoms with van der Waals surface area (Å²) in [6, 6.07) is 22.0. The number of aliphatic imine (C=N–C) groups is 1. The molecule has 0 atom stereocenters. The number of halogens is 1. The number of nitrogens with zero attached hydrogens (tertiary/aromatic N) is 1. The monoisotopic (exact) mass is 492 g/mol. The summed E-state index contributed by atoms with van der Waals surface area (Å²) in [6.07, 6.45) is 4.38. The van der Waals surface area contributed by atoms with Crippen molar-refractivity contribution in [2.75, 3.05) is 0 Å². The zero-order valence-electron chi connectivity index (χ0n) is 19.1. The molecule has 0 amide bonds. The highest BCUT2D eigenvalue weighted by molar-refractivity contribution is 9.10. The largest absolute Gasteiger partial charge is 0.355 e. The Morgan fingerprint density at radius 3 is 2.39 bits per heavy atom. The molecule has 0 saturated heterocycles. The molecule has 0 radical (unpaired) electrons. The molecular formula is C30H25BrN2. The maximum absolute atomic E-state index is 5.20. The highest BCUT2D eigenvalue weighted by Gasteiger charge is 2.25. The third kappa shape index (κ3) is 3.43. The van der Waals surface area contributed by atoms with E-state index in [9.17, 15) is 0 Å². The van der Waals surface area contributed by atoms with Crippen LogP contribution < -0.4 is 0 Å². The van der Waals surface area contributed by atoms with Gasteiger partial charge in [0.25, 0.3) is 0 Å². The number of benzene rings is 3. The average molecular weight is 493 g/mol. The van der Waals surface area contributed by atoms with Crippen LogP contribution in [0.5, 0.6) is 0 Å². The Bertz CT molecular complexity index is 1480. The van der Waals surface area contributed by atoms with E-state index in [0.717, 1.165) is 34.4 Å². The fourth-order valence-electron chi connectivity index (χ4n) is 5.46. The summed E-state index contributed by atoms with van der Waals surface area (Å²) in [5.41, 5.74) is 16.0. The van der Waals surface area contributed by atoms with Crippen molar-refractivity contribution in [1.82, 2.24) is 4.98 Å². The van der Waals surface area contributed by atoms with Gasteiger partial charge in [-0.2, -0.15) is 0 Å². The molecule has 4 aromatic rings. The molecule has 162 valence electrons. The SMILES string of the molecule is Cc1cc(C)c(C2=NC(=Cc3cc4c([nH]3)-c3ccccc3CC4)c3cc(Br)ccc32)c(C)c1. The summed E-state index contributed by atoms with van der Waals surface area (Å²) in [4.78, 5) is 8.89. The second-order valence-electron chi connectivity index (χ2n) is 9.24. The quantitative estimate of drug-likeness (QED) is 0.295. The first-order chi connectivity index (χ1) is 16.0. The molecule has 33 heavy (non-hydrogen) atoms. The molecule has 2 heterocycles. The molecule has 0 spiro atoms. The second-order valence-corrected chi connectivity index (χ2v) is 10.2. The van der Waals surface area contributed by atoms with E-state index < -0.39 is 0 Å². The second kappa shape index (κ2) is 7.71. The van der Waals surface area contributed by atoms with Crippen LogP contribution in [0.1, 0.15) is 50.2 Å². The lowest BCUT2D eigenvalue weighted by atomic mass is 9.90. The zero-order chi connectivity index (χ0) is 22.7. The predicted molar refractivity (Wildman–Crippen MR) is 142 cm³/mol. The minimum Gasteiger partial charge on any atom is -0.355 e. The standard InChI is InChI=1S/C30H25BrN2/c1-17-12-18(2)28(19(3)13-17)30-25-11-10-22(31)15-26(25)27(33-30)16-23-14-21-9-8-20-6-4-5-7-24(20)29(21)32-23/h4-7,10-16,32H,8-9H2,1-3H3. The smallest absolute Gasteiger partial charge is 0.0793 e. The van der Waals surface area contributed by atoms with Gasteiger partial charge in [0, 0.05) is 38.1 Å². The summed E-state index contributed by atoms with van der Waals surface area (Å²) in [7, 11) is 0. The van der Waals surface area contributed by atoms with Gasteiger partial charge >= 0.3 is 0 Å². The maximum Gasteiger partial charge on any atom is 0.0793 e. The molecule has 3 heteroatoms. The fraction of sp³-hybridized carbons (Fsp3) is 0.167. The number of hydrogen-bond donors (Lipinski definition) is 1. The van der Waals surface area contributed by atoms with Gasteiger partial charge in [0.05, 0.1) is 11.4 Å². The first kappa shape index (κ1) is 20.4. The van der Waals surface area contributed by atoms with Crippen LogP contribution in [0.25, 0.3) is 23.0 Å². The molecule has 0 bridgehead atoms. The van der Waals surface area contributed by atoms with Crippen LogP contribution in [0.2, 0.25) is 0 Å². The lowest BCUT2D eigenvalue weighted by Gasteiger charge is -2.15. The number of aromatic amines is 1. The fourth-order valence-corrected chi connectivity index (χ4v) is 5.83. The molecule has 1 N–H and O–H groups in total. The Morgan fingerprint density at radius 2 is 1.58 bits per heavy atom. The molecule has 3 aromatic carbocycles. The van der Waals surface area contributed by atoms with Crippen LogP contribution in [0, 0.1) is 20.8 Å². The van der Waals surface area contributed by atoms with Gasteiger partial charge in [0.2, 0.25) is 0 Å². The highest BCUT2D eigenvalue weighted by atomic mass is 79.9. The van der Waals surface area contributed by atoms with Crippen molar-refractivity contribution >= 4 is 33.4 Å². The summed E-state index contributed by atoms with van der Waals surface area (Å²) in [5, 5.41) is 0. The lowest BCUT2D eigenvalue weighted by molar-refractivity contribution is 0.942. The number of aromatic nitrogens is 1.